The molecule has 4 heteroatoms. The molecule has 2 aromatic carbocycles. The van der Waals surface area contributed by atoms with E-state index in [0.717, 1.165) is 21.9 Å². The highest BCUT2D eigenvalue weighted by molar-refractivity contribution is 7.23. The molecule has 0 fully saturated rings. The molecule has 4 rings (SSSR count). The number of nitrogens with two attached hydrogens (primary N) is 1. The number of aryl methyl sites for hydroxylation is 1. The maximum Gasteiger partial charge on any atom is 0.195 e. The number of imidazole rings is 1. The quantitative estimate of drug-likeness (QED) is 0.607. The zero-order chi connectivity index (χ0) is 14.4. The summed E-state index contributed by atoms with van der Waals surface area (Å²) >= 11 is 1.71. The van der Waals surface area contributed by atoms with Crippen LogP contribution in [0.3, 0.4) is 0 Å². The molecule has 0 atom stereocenters. The van der Waals surface area contributed by atoms with Crippen LogP contribution in [-0.4, -0.2) is 9.38 Å². The van der Waals surface area contributed by atoms with Gasteiger partial charge in [-0.15, -0.1) is 0 Å². The van der Waals surface area contributed by atoms with Gasteiger partial charge in [0.2, 0.25) is 0 Å². The van der Waals surface area contributed by atoms with Crippen LogP contribution in [0.25, 0.3) is 26.4 Å². The molecule has 2 heterocycles. The smallest absolute Gasteiger partial charge is 0.195 e. The summed E-state index contributed by atoms with van der Waals surface area (Å²) in [5.41, 5.74) is 11.7. The van der Waals surface area contributed by atoms with Crippen LogP contribution in [0.2, 0.25) is 0 Å². The monoisotopic (exact) mass is 293 g/mol. The highest BCUT2D eigenvalue weighted by atomic mass is 32.1. The van der Waals surface area contributed by atoms with Crippen molar-refractivity contribution in [3.8, 4) is 11.3 Å². The first kappa shape index (κ1) is 12.6. The average Bonchev–Trinajstić information content (AvgIpc) is 3.03. The molecule has 0 radical (unpaired) electrons. The summed E-state index contributed by atoms with van der Waals surface area (Å²) < 4.78 is 3.43. The van der Waals surface area contributed by atoms with E-state index in [9.17, 15) is 0 Å². The molecule has 0 aliphatic heterocycles. The lowest BCUT2D eigenvalue weighted by Gasteiger charge is -2.03. The fraction of sp³-hybridized carbons (Fsp3) is 0.118. The summed E-state index contributed by atoms with van der Waals surface area (Å²) in [4.78, 5) is 5.83. The molecule has 21 heavy (non-hydrogen) atoms. The van der Waals surface area contributed by atoms with Crippen LogP contribution >= 0.6 is 11.3 Å². The van der Waals surface area contributed by atoms with Crippen molar-refractivity contribution < 1.29 is 0 Å². The van der Waals surface area contributed by atoms with Crippen LogP contribution in [-0.2, 0) is 6.54 Å². The van der Waals surface area contributed by atoms with E-state index in [-0.39, 0.29) is 0 Å². The van der Waals surface area contributed by atoms with Crippen molar-refractivity contribution in [3.05, 3.63) is 59.8 Å². The third-order valence-corrected chi connectivity index (χ3v) is 4.79. The molecular formula is C17H15N3S. The number of fused-ring (bicyclic) bond motifs is 3. The molecule has 3 nitrogen and oxygen atoms in total. The number of rotatable bonds is 2. The van der Waals surface area contributed by atoms with Crippen LogP contribution in [0, 0.1) is 6.92 Å². The molecule has 0 aliphatic carbocycles. The van der Waals surface area contributed by atoms with Crippen molar-refractivity contribution in [3.63, 3.8) is 0 Å². The lowest BCUT2D eigenvalue weighted by molar-refractivity contribution is 0.986. The number of nitrogens with zero attached hydrogens (tertiary/aromatic N) is 2. The molecule has 0 bridgehead atoms. The summed E-state index contributed by atoms with van der Waals surface area (Å²) in [6.07, 6.45) is 0. The number of hydrogen-bond donors (Lipinski definition) is 1. The Kier molecular flexibility index (Phi) is 2.80. The standard InChI is InChI=1S/C17H15N3S/c1-11-6-8-12(9-7-11)16-14(10-18)20-13-4-2-3-5-15(13)21-17(20)19-16/h2-9H,10,18H2,1H3. The zero-order valence-corrected chi connectivity index (χ0v) is 12.5. The number of thiazole rings is 1. The van der Waals surface area contributed by atoms with Crippen molar-refractivity contribution in [1.82, 2.24) is 9.38 Å². The SMILES string of the molecule is Cc1ccc(-c2nc3sc4ccccc4n3c2CN)cc1. The van der Waals surface area contributed by atoms with Crippen molar-refractivity contribution >= 4 is 26.5 Å². The Balaban J connectivity index is 2.04. The number of aromatic nitrogens is 2. The summed E-state index contributed by atoms with van der Waals surface area (Å²) in [5.74, 6) is 0. The minimum Gasteiger partial charge on any atom is -0.325 e. The highest BCUT2D eigenvalue weighted by Crippen LogP contribution is 2.32. The van der Waals surface area contributed by atoms with Crippen molar-refractivity contribution in [2.24, 2.45) is 5.73 Å². The van der Waals surface area contributed by atoms with Crippen LogP contribution in [0.1, 0.15) is 11.3 Å². The molecule has 0 amide bonds. The third-order valence-electron chi connectivity index (χ3n) is 3.77. The van der Waals surface area contributed by atoms with Gasteiger partial charge in [-0.05, 0) is 19.1 Å². The van der Waals surface area contributed by atoms with E-state index >= 15 is 0 Å². The van der Waals surface area contributed by atoms with Gasteiger partial charge in [-0.25, -0.2) is 4.98 Å². The highest BCUT2D eigenvalue weighted by Gasteiger charge is 2.16. The molecule has 0 saturated carbocycles. The van der Waals surface area contributed by atoms with Crippen LogP contribution < -0.4 is 5.73 Å². The normalized spacial score (nSPS) is 11.5. The summed E-state index contributed by atoms with van der Waals surface area (Å²) in [6.45, 7) is 2.57. The Morgan fingerprint density at radius 2 is 1.86 bits per heavy atom. The van der Waals surface area contributed by atoms with Crippen molar-refractivity contribution in [2.45, 2.75) is 13.5 Å². The van der Waals surface area contributed by atoms with E-state index < -0.39 is 0 Å². The lowest BCUT2D eigenvalue weighted by atomic mass is 10.1. The predicted octanol–water partition coefficient (Wildman–Crippen LogP) is 3.98. The Labute approximate surface area is 126 Å². The predicted molar refractivity (Wildman–Crippen MR) is 88.6 cm³/mol. The van der Waals surface area contributed by atoms with Gasteiger partial charge >= 0.3 is 0 Å². The van der Waals surface area contributed by atoms with Gasteiger partial charge in [0.05, 0.1) is 21.6 Å². The molecule has 2 N–H and O–H groups in total. The average molecular weight is 293 g/mol. The van der Waals surface area contributed by atoms with E-state index in [1.54, 1.807) is 11.3 Å². The minimum absolute atomic E-state index is 0.477. The van der Waals surface area contributed by atoms with Crippen molar-refractivity contribution in [2.75, 3.05) is 0 Å². The van der Waals surface area contributed by atoms with Gasteiger partial charge in [-0.1, -0.05) is 53.3 Å². The van der Waals surface area contributed by atoms with Gasteiger partial charge in [-0.2, -0.15) is 0 Å². The fourth-order valence-electron chi connectivity index (χ4n) is 2.71. The first-order valence-electron chi connectivity index (χ1n) is 6.94. The molecule has 2 aromatic heterocycles. The van der Waals surface area contributed by atoms with Gasteiger partial charge in [-0.3, -0.25) is 4.40 Å². The Morgan fingerprint density at radius 1 is 1.10 bits per heavy atom. The summed E-state index contributed by atoms with van der Waals surface area (Å²) in [5, 5.41) is 0. The van der Waals surface area contributed by atoms with Gasteiger partial charge < -0.3 is 5.73 Å². The number of benzene rings is 2. The van der Waals surface area contributed by atoms with Crippen LogP contribution in [0.5, 0.6) is 0 Å². The summed E-state index contributed by atoms with van der Waals surface area (Å²) in [6, 6.07) is 16.8. The minimum atomic E-state index is 0.477. The second-order valence-corrected chi connectivity index (χ2v) is 6.17. The van der Waals surface area contributed by atoms with E-state index in [1.807, 2.05) is 0 Å². The maximum atomic E-state index is 6.02. The van der Waals surface area contributed by atoms with E-state index in [4.69, 9.17) is 10.7 Å². The van der Waals surface area contributed by atoms with Gasteiger partial charge in [0.25, 0.3) is 0 Å². The first-order valence-corrected chi connectivity index (χ1v) is 7.75. The molecular weight excluding hydrogens is 278 g/mol. The van der Waals surface area contributed by atoms with Gasteiger partial charge in [0, 0.05) is 12.1 Å². The van der Waals surface area contributed by atoms with E-state index in [0.29, 0.717) is 6.54 Å². The fourth-order valence-corrected chi connectivity index (χ4v) is 3.75. The number of para-hydroxylation sites is 1. The molecule has 0 saturated heterocycles. The van der Waals surface area contributed by atoms with E-state index in [2.05, 4.69) is 59.9 Å². The molecule has 0 spiro atoms. The molecule has 0 aliphatic rings. The third kappa shape index (κ3) is 1.87. The zero-order valence-electron chi connectivity index (χ0n) is 11.7. The topological polar surface area (TPSA) is 43.3 Å². The Hall–Kier alpha value is -2.17. The summed E-state index contributed by atoms with van der Waals surface area (Å²) in [7, 11) is 0. The lowest BCUT2D eigenvalue weighted by Crippen LogP contribution is -2.02. The van der Waals surface area contributed by atoms with Gasteiger partial charge in [0.1, 0.15) is 0 Å². The second kappa shape index (κ2) is 4.69. The van der Waals surface area contributed by atoms with E-state index in [1.165, 1.54) is 15.8 Å². The van der Waals surface area contributed by atoms with Crippen molar-refractivity contribution in [1.29, 1.82) is 0 Å². The number of hydrogen-bond acceptors (Lipinski definition) is 3. The largest absolute Gasteiger partial charge is 0.325 e. The Morgan fingerprint density at radius 3 is 2.62 bits per heavy atom. The second-order valence-electron chi connectivity index (χ2n) is 5.17. The first-order chi connectivity index (χ1) is 10.3. The maximum absolute atomic E-state index is 6.02. The van der Waals surface area contributed by atoms with Gasteiger partial charge in [0.15, 0.2) is 4.96 Å². The molecule has 0 unspecified atom stereocenters. The van der Waals surface area contributed by atoms with Crippen LogP contribution in [0.4, 0.5) is 0 Å². The molecule has 104 valence electrons. The van der Waals surface area contributed by atoms with Crippen LogP contribution in [0.15, 0.2) is 48.5 Å². The molecule has 4 aromatic rings. The Bertz CT molecular complexity index is 932.